The number of benzene rings is 2. The summed E-state index contributed by atoms with van der Waals surface area (Å²) in [6, 6.07) is 18.8. The molecule has 0 radical (unpaired) electrons. The fraction of sp³-hybridized carbons (Fsp3) is 0.350. The molecule has 0 amide bonds. The summed E-state index contributed by atoms with van der Waals surface area (Å²) in [5.74, 6) is 0.876. The Kier molecular flexibility index (Phi) is 5.89. The van der Waals surface area contributed by atoms with Crippen molar-refractivity contribution in [2.24, 2.45) is 0 Å². The van der Waals surface area contributed by atoms with Crippen molar-refractivity contribution in [3.63, 3.8) is 0 Å². The average molecular weight is 356 g/mol. The maximum Gasteiger partial charge on any atom is 0.174 e. The first-order valence-electron chi connectivity index (χ1n) is 8.71. The predicted molar refractivity (Wildman–Crippen MR) is 107 cm³/mol. The maximum absolute atomic E-state index is 5.72. The van der Waals surface area contributed by atoms with E-state index in [4.69, 9.17) is 17.0 Å². The van der Waals surface area contributed by atoms with Crippen molar-refractivity contribution < 1.29 is 4.74 Å². The molecule has 1 fully saturated rings. The molecule has 25 heavy (non-hydrogen) atoms. The van der Waals surface area contributed by atoms with Crippen molar-refractivity contribution in [3.05, 3.63) is 60.2 Å². The molecule has 1 atom stereocenters. The van der Waals surface area contributed by atoms with Crippen molar-refractivity contribution >= 4 is 23.0 Å². The van der Waals surface area contributed by atoms with Crippen molar-refractivity contribution in [2.45, 2.75) is 13.0 Å². The third-order valence-corrected chi connectivity index (χ3v) is 4.78. The molecule has 3 rings (SSSR count). The van der Waals surface area contributed by atoms with Gasteiger partial charge < -0.3 is 19.9 Å². The van der Waals surface area contributed by atoms with Crippen LogP contribution in [0, 0.1) is 0 Å². The smallest absolute Gasteiger partial charge is 0.174 e. The van der Waals surface area contributed by atoms with E-state index in [-0.39, 0.29) is 6.04 Å². The van der Waals surface area contributed by atoms with Crippen molar-refractivity contribution in [1.82, 2.24) is 9.80 Å². The van der Waals surface area contributed by atoms with Crippen molar-refractivity contribution in [2.75, 3.05) is 38.6 Å². The zero-order chi connectivity index (χ0) is 17.6. The molecule has 1 saturated heterocycles. The number of nitrogens with one attached hydrogen (secondary N) is 1. The van der Waals surface area contributed by atoms with Crippen molar-refractivity contribution in [3.8, 4) is 5.75 Å². The highest BCUT2D eigenvalue weighted by Crippen LogP contribution is 2.26. The van der Waals surface area contributed by atoms with E-state index >= 15 is 0 Å². The first-order chi connectivity index (χ1) is 12.2. The summed E-state index contributed by atoms with van der Waals surface area (Å²) >= 11 is 5.72. The minimum atomic E-state index is 0.266. The highest BCUT2D eigenvalue weighted by atomic mass is 32.1. The Morgan fingerprint density at radius 1 is 1.12 bits per heavy atom. The van der Waals surface area contributed by atoms with Gasteiger partial charge in [0.05, 0.1) is 12.6 Å². The van der Waals surface area contributed by atoms with Gasteiger partial charge in [0.1, 0.15) is 5.75 Å². The molecule has 2 aromatic carbocycles. The third-order valence-electron chi connectivity index (χ3n) is 4.45. The highest BCUT2D eigenvalue weighted by Gasteiger charge is 2.28. The molecule has 0 saturated carbocycles. The SMILES string of the molecule is CCOc1ccc(NC(=S)N2CCN(C)C[C@H]2c2ccccc2)cc1. The minimum absolute atomic E-state index is 0.266. The fourth-order valence-electron chi connectivity index (χ4n) is 3.12. The van der Waals surface area contributed by atoms with E-state index in [9.17, 15) is 0 Å². The van der Waals surface area contributed by atoms with E-state index in [1.807, 2.05) is 31.2 Å². The zero-order valence-corrected chi connectivity index (χ0v) is 15.6. The van der Waals surface area contributed by atoms with Crippen LogP contribution in [0.15, 0.2) is 54.6 Å². The van der Waals surface area contributed by atoms with Gasteiger partial charge >= 0.3 is 0 Å². The van der Waals surface area contributed by atoms with Crippen LogP contribution in [0.1, 0.15) is 18.5 Å². The Balaban J connectivity index is 1.72. The van der Waals surface area contributed by atoms with Gasteiger partial charge in [-0.25, -0.2) is 0 Å². The Hall–Kier alpha value is -2.11. The van der Waals surface area contributed by atoms with Crippen molar-refractivity contribution in [1.29, 1.82) is 0 Å². The normalized spacial score (nSPS) is 18.0. The van der Waals surface area contributed by atoms with E-state index in [2.05, 4.69) is 52.5 Å². The lowest BCUT2D eigenvalue weighted by Crippen LogP contribution is -2.50. The second kappa shape index (κ2) is 8.32. The van der Waals surface area contributed by atoms with E-state index in [0.717, 1.165) is 36.2 Å². The molecule has 5 heteroatoms. The van der Waals surface area contributed by atoms with Crippen LogP contribution in [-0.2, 0) is 0 Å². The number of likely N-dealkylation sites (N-methyl/N-ethyl adjacent to an activating group) is 1. The van der Waals surface area contributed by atoms with Gasteiger partial charge in [-0.05, 0) is 56.0 Å². The second-order valence-corrected chi connectivity index (χ2v) is 6.66. The molecule has 2 aromatic rings. The molecule has 4 nitrogen and oxygen atoms in total. The topological polar surface area (TPSA) is 27.7 Å². The molecule has 0 spiro atoms. The fourth-order valence-corrected chi connectivity index (χ4v) is 3.46. The molecule has 1 aliphatic rings. The van der Waals surface area contributed by atoms with E-state index < -0.39 is 0 Å². The molecule has 1 aliphatic heterocycles. The third kappa shape index (κ3) is 4.50. The van der Waals surface area contributed by atoms with Gasteiger partial charge in [0.25, 0.3) is 0 Å². The molecule has 0 bridgehead atoms. The van der Waals surface area contributed by atoms with E-state index in [1.54, 1.807) is 0 Å². The van der Waals surface area contributed by atoms with Crippen LogP contribution in [0.4, 0.5) is 5.69 Å². The predicted octanol–water partition coefficient (Wildman–Crippen LogP) is 3.77. The highest BCUT2D eigenvalue weighted by molar-refractivity contribution is 7.80. The average Bonchev–Trinajstić information content (AvgIpc) is 2.64. The van der Waals surface area contributed by atoms with Crippen LogP contribution in [0.25, 0.3) is 0 Å². The largest absolute Gasteiger partial charge is 0.494 e. The molecule has 1 N–H and O–H groups in total. The van der Waals surface area contributed by atoms with Crippen LogP contribution in [0.3, 0.4) is 0 Å². The van der Waals surface area contributed by atoms with Crippen LogP contribution >= 0.6 is 12.2 Å². The van der Waals surface area contributed by atoms with Gasteiger partial charge in [-0.3, -0.25) is 0 Å². The molecule has 132 valence electrons. The lowest BCUT2D eigenvalue weighted by molar-refractivity contribution is 0.153. The summed E-state index contributed by atoms with van der Waals surface area (Å²) in [5.41, 5.74) is 2.28. The molecular formula is C20H25N3OS. The summed E-state index contributed by atoms with van der Waals surface area (Å²) < 4.78 is 5.49. The number of anilines is 1. The number of nitrogens with zero attached hydrogens (tertiary/aromatic N) is 2. The number of ether oxygens (including phenoxy) is 1. The lowest BCUT2D eigenvalue weighted by Gasteiger charge is -2.41. The number of rotatable bonds is 4. The van der Waals surface area contributed by atoms with Crippen LogP contribution in [0.2, 0.25) is 0 Å². The van der Waals surface area contributed by atoms with E-state index in [0.29, 0.717) is 6.61 Å². The van der Waals surface area contributed by atoms with E-state index in [1.165, 1.54) is 5.56 Å². The van der Waals surface area contributed by atoms with Gasteiger partial charge in [-0.2, -0.15) is 0 Å². The van der Waals surface area contributed by atoms with Gasteiger partial charge in [0.15, 0.2) is 5.11 Å². The van der Waals surface area contributed by atoms with Gasteiger partial charge in [0, 0.05) is 25.3 Å². The zero-order valence-electron chi connectivity index (χ0n) is 14.8. The number of thiocarbonyl (C=S) groups is 1. The molecular weight excluding hydrogens is 330 g/mol. The monoisotopic (exact) mass is 355 g/mol. The van der Waals surface area contributed by atoms with Crippen LogP contribution in [0.5, 0.6) is 5.75 Å². The first kappa shape index (κ1) is 17.7. The summed E-state index contributed by atoms with van der Waals surface area (Å²) in [4.78, 5) is 4.65. The molecule has 0 aromatic heterocycles. The number of hydrogen-bond acceptors (Lipinski definition) is 3. The standard InChI is InChI=1S/C20H25N3OS/c1-3-24-18-11-9-17(10-12-18)21-20(25)23-14-13-22(2)15-19(23)16-7-5-4-6-8-16/h4-12,19H,3,13-15H2,1-2H3,(H,21,25)/t19-/m0/s1. The van der Waals surface area contributed by atoms with Gasteiger partial charge in [0.2, 0.25) is 0 Å². The summed E-state index contributed by atoms with van der Waals surface area (Å²) in [5, 5.41) is 4.15. The first-order valence-corrected chi connectivity index (χ1v) is 9.12. The summed E-state index contributed by atoms with van der Waals surface area (Å²) in [6.07, 6.45) is 0. The Morgan fingerprint density at radius 2 is 1.84 bits per heavy atom. The Bertz CT molecular complexity index is 690. The number of hydrogen-bond donors (Lipinski definition) is 1. The minimum Gasteiger partial charge on any atom is -0.494 e. The summed E-state index contributed by atoms with van der Waals surface area (Å²) in [7, 11) is 2.16. The van der Waals surface area contributed by atoms with Crippen LogP contribution < -0.4 is 10.1 Å². The Labute approximate surface area is 155 Å². The molecule has 0 unspecified atom stereocenters. The number of piperazine rings is 1. The Morgan fingerprint density at radius 3 is 2.52 bits per heavy atom. The maximum atomic E-state index is 5.72. The quantitative estimate of drug-likeness (QED) is 0.843. The second-order valence-electron chi connectivity index (χ2n) is 6.27. The lowest BCUT2D eigenvalue weighted by atomic mass is 10.0. The summed E-state index contributed by atoms with van der Waals surface area (Å²) in [6.45, 7) is 5.55. The van der Waals surface area contributed by atoms with Gasteiger partial charge in [-0.1, -0.05) is 30.3 Å². The van der Waals surface area contributed by atoms with Gasteiger partial charge in [-0.15, -0.1) is 0 Å². The molecule has 1 heterocycles. The van der Waals surface area contributed by atoms with Crippen LogP contribution in [-0.4, -0.2) is 48.2 Å². The molecule has 0 aliphatic carbocycles.